The molecule has 3 saturated carbocycles. The first kappa shape index (κ1) is 25.2. The number of esters is 1. The van der Waals surface area contributed by atoms with Gasteiger partial charge in [0, 0.05) is 29.3 Å². The summed E-state index contributed by atoms with van der Waals surface area (Å²) in [5.74, 6) is 0.707. The normalized spacial score (nSPS) is 40.4. The number of aliphatic hydroxyl groups is 2. The molecule has 35 heavy (non-hydrogen) atoms. The predicted molar refractivity (Wildman–Crippen MR) is 136 cm³/mol. The van der Waals surface area contributed by atoms with Crippen LogP contribution >= 0.6 is 15.9 Å². The number of carbonyl (C=O) groups excluding carboxylic acids is 2. The molecule has 0 saturated heterocycles. The van der Waals surface area contributed by atoms with E-state index in [1.807, 2.05) is 30.3 Å². The van der Waals surface area contributed by atoms with E-state index in [0.29, 0.717) is 37.5 Å². The van der Waals surface area contributed by atoms with Crippen molar-refractivity contribution >= 4 is 27.7 Å². The average Bonchev–Trinajstić information content (AvgIpc) is 3.07. The van der Waals surface area contributed by atoms with Gasteiger partial charge in [0.25, 0.3) is 0 Å². The highest BCUT2D eigenvalue weighted by Gasteiger charge is 2.67. The van der Waals surface area contributed by atoms with Gasteiger partial charge in [-0.25, -0.2) is 0 Å². The first-order valence-electron chi connectivity index (χ1n) is 13.1. The number of carbonyl (C=O) groups is 2. The van der Waals surface area contributed by atoms with E-state index in [1.165, 1.54) is 5.57 Å². The second-order valence-corrected chi connectivity index (χ2v) is 12.8. The molecular weight excluding hydrogens is 508 g/mol. The Balaban J connectivity index is 1.42. The van der Waals surface area contributed by atoms with Crippen molar-refractivity contribution in [3.05, 3.63) is 46.0 Å². The molecule has 5 nitrogen and oxygen atoms in total. The minimum atomic E-state index is -0.773. The summed E-state index contributed by atoms with van der Waals surface area (Å²) in [6, 6.07) is 7.67. The molecule has 5 rings (SSSR count). The Labute approximate surface area is 216 Å². The molecule has 0 bridgehead atoms. The van der Waals surface area contributed by atoms with Gasteiger partial charge in [0.2, 0.25) is 0 Å². The van der Waals surface area contributed by atoms with Crippen LogP contribution in [0.5, 0.6) is 0 Å². The standard InChI is InChI=1S/C29H37BrO5/c1-27-11-9-21(32)16-19(27)5-8-22-23-10-12-29(13-14-31,28(23,2)17-24(33)26(22)27)35-25(34)15-18-3-6-20(30)7-4-18/h3-4,6-7,16,22-24,26,31,33H,5,8-15,17H2,1-2H3/t22-,23-,24-,26+,27-,28-,29-/m0/s1. The van der Waals surface area contributed by atoms with Gasteiger partial charge in [-0.05, 0) is 85.5 Å². The Bertz CT molecular complexity index is 1030. The number of halogens is 1. The van der Waals surface area contributed by atoms with Crippen molar-refractivity contribution in [3.8, 4) is 0 Å². The molecule has 0 aliphatic heterocycles. The van der Waals surface area contributed by atoms with Gasteiger partial charge in [-0.1, -0.05) is 47.5 Å². The molecule has 1 aromatic rings. The fraction of sp³-hybridized carbons (Fsp3) is 0.655. The minimum absolute atomic E-state index is 0.0508. The lowest BCUT2D eigenvalue weighted by atomic mass is 9.45. The molecule has 0 aromatic heterocycles. The maximum Gasteiger partial charge on any atom is 0.310 e. The predicted octanol–water partition coefficient (Wildman–Crippen LogP) is 5.16. The maximum atomic E-state index is 13.2. The van der Waals surface area contributed by atoms with E-state index in [1.54, 1.807) is 0 Å². The summed E-state index contributed by atoms with van der Waals surface area (Å²) < 4.78 is 7.30. The second-order valence-electron chi connectivity index (χ2n) is 11.9. The van der Waals surface area contributed by atoms with Crippen LogP contribution in [0.1, 0.15) is 70.8 Å². The number of hydrogen-bond donors (Lipinski definition) is 2. The van der Waals surface area contributed by atoms with E-state index in [4.69, 9.17) is 4.74 Å². The Morgan fingerprint density at radius 2 is 1.89 bits per heavy atom. The van der Waals surface area contributed by atoms with E-state index in [-0.39, 0.29) is 36.1 Å². The van der Waals surface area contributed by atoms with Gasteiger partial charge in [0.1, 0.15) is 5.60 Å². The van der Waals surface area contributed by atoms with E-state index in [0.717, 1.165) is 35.7 Å². The van der Waals surface area contributed by atoms with Gasteiger partial charge in [0.15, 0.2) is 5.78 Å². The van der Waals surface area contributed by atoms with Gasteiger partial charge in [-0.15, -0.1) is 0 Å². The molecule has 4 aliphatic rings. The summed E-state index contributed by atoms with van der Waals surface area (Å²) in [6.45, 7) is 4.39. The number of aliphatic hydroxyl groups excluding tert-OH is 2. The molecular formula is C29H37BrO5. The average molecular weight is 546 g/mol. The molecule has 0 radical (unpaired) electrons. The zero-order valence-electron chi connectivity index (χ0n) is 20.8. The van der Waals surface area contributed by atoms with E-state index in [2.05, 4.69) is 29.8 Å². The third-order valence-corrected chi connectivity index (χ3v) is 10.8. The highest BCUT2D eigenvalue weighted by atomic mass is 79.9. The number of ketones is 1. The van der Waals surface area contributed by atoms with Gasteiger partial charge in [-0.3, -0.25) is 9.59 Å². The zero-order chi connectivity index (χ0) is 25.0. The van der Waals surface area contributed by atoms with Crippen molar-refractivity contribution in [2.24, 2.45) is 28.6 Å². The van der Waals surface area contributed by atoms with E-state index >= 15 is 0 Å². The summed E-state index contributed by atoms with van der Waals surface area (Å²) in [5, 5.41) is 21.7. The zero-order valence-corrected chi connectivity index (χ0v) is 22.4. The third-order valence-electron chi connectivity index (χ3n) is 10.3. The smallest absolute Gasteiger partial charge is 0.310 e. The quantitative estimate of drug-likeness (QED) is 0.500. The monoisotopic (exact) mass is 544 g/mol. The highest BCUT2D eigenvalue weighted by Crippen LogP contribution is 2.68. The Hall–Kier alpha value is -1.50. The van der Waals surface area contributed by atoms with Gasteiger partial charge < -0.3 is 14.9 Å². The third kappa shape index (κ3) is 4.04. The van der Waals surface area contributed by atoms with Crippen molar-refractivity contribution < 1.29 is 24.5 Å². The molecule has 0 unspecified atom stereocenters. The van der Waals surface area contributed by atoms with Crippen LogP contribution in [0.4, 0.5) is 0 Å². The molecule has 6 heteroatoms. The minimum Gasteiger partial charge on any atom is -0.458 e. The first-order valence-corrected chi connectivity index (χ1v) is 13.9. The second kappa shape index (κ2) is 9.11. The molecule has 1 aromatic carbocycles. The number of fused-ring (bicyclic) bond motifs is 5. The summed E-state index contributed by atoms with van der Waals surface area (Å²) in [7, 11) is 0. The summed E-state index contributed by atoms with van der Waals surface area (Å²) in [5.41, 5.74) is 0.807. The molecule has 2 N–H and O–H groups in total. The summed E-state index contributed by atoms with van der Waals surface area (Å²) >= 11 is 3.43. The molecule has 0 amide bonds. The topological polar surface area (TPSA) is 83.8 Å². The number of allylic oxidation sites excluding steroid dienone is 1. The van der Waals surface area contributed by atoms with Crippen LogP contribution in [0, 0.1) is 28.6 Å². The lowest BCUT2D eigenvalue weighted by molar-refractivity contribution is -0.201. The summed E-state index contributed by atoms with van der Waals surface area (Å²) in [6.07, 6.45) is 7.35. The largest absolute Gasteiger partial charge is 0.458 e. The van der Waals surface area contributed by atoms with E-state index in [9.17, 15) is 19.8 Å². The molecule has 190 valence electrons. The van der Waals surface area contributed by atoms with Crippen LogP contribution in [-0.2, 0) is 20.7 Å². The molecule has 0 heterocycles. The lowest BCUT2D eigenvalue weighted by Crippen LogP contribution is -2.60. The molecule has 3 fully saturated rings. The van der Waals surface area contributed by atoms with Crippen LogP contribution in [0.15, 0.2) is 40.4 Å². The Kier molecular flexibility index (Phi) is 6.55. The molecule has 7 atom stereocenters. The van der Waals surface area contributed by atoms with Crippen molar-refractivity contribution in [3.63, 3.8) is 0 Å². The maximum absolute atomic E-state index is 13.2. The van der Waals surface area contributed by atoms with Crippen LogP contribution < -0.4 is 0 Å². The van der Waals surface area contributed by atoms with Crippen molar-refractivity contribution in [2.45, 2.75) is 83.3 Å². The summed E-state index contributed by atoms with van der Waals surface area (Å²) in [4.78, 5) is 25.3. The van der Waals surface area contributed by atoms with Gasteiger partial charge in [-0.2, -0.15) is 0 Å². The van der Waals surface area contributed by atoms with Gasteiger partial charge >= 0.3 is 5.97 Å². The molecule has 0 spiro atoms. The lowest BCUT2D eigenvalue weighted by Gasteiger charge is -2.61. The van der Waals surface area contributed by atoms with Crippen molar-refractivity contribution in [1.82, 2.24) is 0 Å². The van der Waals surface area contributed by atoms with Crippen LogP contribution in [0.3, 0.4) is 0 Å². The number of hydrogen-bond acceptors (Lipinski definition) is 5. The van der Waals surface area contributed by atoms with Crippen molar-refractivity contribution in [1.29, 1.82) is 0 Å². The van der Waals surface area contributed by atoms with Crippen LogP contribution in [0.25, 0.3) is 0 Å². The van der Waals surface area contributed by atoms with Crippen molar-refractivity contribution in [2.75, 3.05) is 6.61 Å². The SMILES string of the molecule is C[C@]12CCC(=O)C=C1CC[C@@H]1[C@@H]2[C@@H](O)C[C@@]2(C)[C@H]1CC[C@@]2(CCO)OC(=O)Cc1ccc(Br)cc1. The van der Waals surface area contributed by atoms with E-state index < -0.39 is 17.1 Å². The Morgan fingerprint density at radius 3 is 2.60 bits per heavy atom. The van der Waals surface area contributed by atoms with Crippen LogP contribution in [-0.4, -0.2) is 40.3 Å². The fourth-order valence-corrected chi connectivity index (χ4v) is 8.86. The van der Waals surface area contributed by atoms with Crippen LogP contribution in [0.2, 0.25) is 0 Å². The number of benzene rings is 1. The van der Waals surface area contributed by atoms with Gasteiger partial charge in [0.05, 0.1) is 12.5 Å². The Morgan fingerprint density at radius 1 is 1.14 bits per heavy atom. The first-order chi connectivity index (χ1) is 16.6. The highest BCUT2D eigenvalue weighted by molar-refractivity contribution is 9.10. The molecule has 4 aliphatic carbocycles. The number of rotatable bonds is 5. The fourth-order valence-electron chi connectivity index (χ4n) is 8.60. The number of ether oxygens (including phenoxy) is 1.